The third kappa shape index (κ3) is 5.81. The number of nitro groups is 1. The molecule has 0 radical (unpaired) electrons. The molecular formula is C16H14BrN3O4. The zero-order chi connectivity index (χ0) is 17.4. The number of nitrogens with one attached hydrogen (secondary N) is 1. The van der Waals surface area contributed by atoms with Crippen LogP contribution in [0.1, 0.15) is 12.0 Å². The van der Waals surface area contributed by atoms with Crippen molar-refractivity contribution in [1.82, 2.24) is 5.43 Å². The molecule has 2 aromatic rings. The van der Waals surface area contributed by atoms with Gasteiger partial charge < -0.3 is 4.74 Å². The molecule has 1 amide bonds. The highest BCUT2D eigenvalue weighted by atomic mass is 79.9. The summed E-state index contributed by atoms with van der Waals surface area (Å²) in [6.45, 7) is 0.231. The summed E-state index contributed by atoms with van der Waals surface area (Å²) in [5.41, 5.74) is 3.02. The maximum absolute atomic E-state index is 11.6. The van der Waals surface area contributed by atoms with Gasteiger partial charge in [0.25, 0.3) is 5.69 Å². The molecule has 0 aromatic heterocycles. The van der Waals surface area contributed by atoms with Crippen LogP contribution in [0.2, 0.25) is 0 Å². The highest BCUT2D eigenvalue weighted by molar-refractivity contribution is 9.10. The lowest BCUT2D eigenvalue weighted by Crippen LogP contribution is -2.19. The van der Waals surface area contributed by atoms with Crippen molar-refractivity contribution in [2.75, 3.05) is 6.61 Å². The number of carbonyl (C=O) groups excluding carboxylic acids is 1. The highest BCUT2D eigenvalue weighted by Gasteiger charge is 2.03. The number of rotatable bonds is 7. The van der Waals surface area contributed by atoms with Gasteiger partial charge in [-0.3, -0.25) is 14.9 Å². The molecule has 0 unspecified atom stereocenters. The Bertz CT molecular complexity index is 747. The third-order valence-electron chi connectivity index (χ3n) is 2.90. The average Bonchev–Trinajstić information content (AvgIpc) is 2.55. The van der Waals surface area contributed by atoms with Crippen LogP contribution in [-0.4, -0.2) is 23.7 Å². The Labute approximate surface area is 146 Å². The molecule has 1 N–H and O–H groups in total. The lowest BCUT2D eigenvalue weighted by Gasteiger charge is -2.05. The Hall–Kier alpha value is -2.74. The molecule has 2 aromatic carbocycles. The number of hydrogen-bond acceptors (Lipinski definition) is 5. The van der Waals surface area contributed by atoms with Crippen LogP contribution in [0.4, 0.5) is 5.69 Å². The maximum atomic E-state index is 11.6. The van der Waals surface area contributed by atoms with E-state index in [0.717, 1.165) is 4.47 Å². The third-order valence-corrected chi connectivity index (χ3v) is 3.39. The van der Waals surface area contributed by atoms with Crippen LogP contribution in [0.15, 0.2) is 58.1 Å². The fourth-order valence-corrected chi connectivity index (χ4v) is 2.11. The van der Waals surface area contributed by atoms with E-state index in [9.17, 15) is 14.9 Å². The molecule has 0 spiro atoms. The molecule has 8 heteroatoms. The van der Waals surface area contributed by atoms with E-state index in [0.29, 0.717) is 11.3 Å². The number of nitro benzene ring substituents is 1. The van der Waals surface area contributed by atoms with Crippen molar-refractivity contribution in [1.29, 1.82) is 0 Å². The van der Waals surface area contributed by atoms with Crippen molar-refractivity contribution in [3.8, 4) is 5.75 Å². The molecule has 0 aliphatic heterocycles. The van der Waals surface area contributed by atoms with E-state index < -0.39 is 4.92 Å². The molecule has 24 heavy (non-hydrogen) atoms. The smallest absolute Gasteiger partial charge is 0.269 e. The largest absolute Gasteiger partial charge is 0.493 e. The van der Waals surface area contributed by atoms with Crippen LogP contribution in [0.5, 0.6) is 5.75 Å². The average molecular weight is 392 g/mol. The van der Waals surface area contributed by atoms with Crippen molar-refractivity contribution < 1.29 is 14.5 Å². The lowest BCUT2D eigenvalue weighted by atomic mass is 10.2. The Morgan fingerprint density at radius 3 is 2.71 bits per heavy atom. The number of nitrogens with zero attached hydrogens (tertiary/aromatic N) is 2. The molecule has 0 aliphatic carbocycles. The number of amides is 1. The molecular weight excluding hydrogens is 378 g/mol. The van der Waals surface area contributed by atoms with Gasteiger partial charge in [0, 0.05) is 16.6 Å². The highest BCUT2D eigenvalue weighted by Crippen LogP contribution is 2.17. The van der Waals surface area contributed by atoms with Crippen molar-refractivity contribution in [2.24, 2.45) is 5.10 Å². The van der Waals surface area contributed by atoms with Gasteiger partial charge in [-0.05, 0) is 35.9 Å². The molecule has 0 aliphatic rings. The summed E-state index contributed by atoms with van der Waals surface area (Å²) in [7, 11) is 0. The van der Waals surface area contributed by atoms with Gasteiger partial charge in [-0.1, -0.05) is 22.0 Å². The van der Waals surface area contributed by atoms with Crippen LogP contribution in [0, 0.1) is 10.1 Å². The summed E-state index contributed by atoms with van der Waals surface area (Å²) in [5.74, 6) is 0.384. The zero-order valence-electron chi connectivity index (χ0n) is 12.5. The minimum absolute atomic E-state index is 0.000818. The van der Waals surface area contributed by atoms with E-state index in [1.807, 2.05) is 18.2 Å². The van der Waals surface area contributed by atoms with E-state index in [-0.39, 0.29) is 24.6 Å². The number of hydrazone groups is 1. The molecule has 0 fully saturated rings. The van der Waals surface area contributed by atoms with Gasteiger partial charge >= 0.3 is 0 Å². The van der Waals surface area contributed by atoms with Crippen LogP contribution in [0.25, 0.3) is 0 Å². The van der Waals surface area contributed by atoms with Crippen LogP contribution >= 0.6 is 15.9 Å². The normalized spacial score (nSPS) is 10.5. The summed E-state index contributed by atoms with van der Waals surface area (Å²) in [4.78, 5) is 21.7. The molecule has 2 rings (SSSR count). The van der Waals surface area contributed by atoms with Gasteiger partial charge in [0.15, 0.2) is 0 Å². The second kappa shape index (κ2) is 8.78. The predicted molar refractivity (Wildman–Crippen MR) is 93.1 cm³/mol. The monoisotopic (exact) mass is 391 g/mol. The first kappa shape index (κ1) is 17.6. The minimum atomic E-state index is -0.478. The first-order valence-electron chi connectivity index (χ1n) is 6.99. The predicted octanol–water partition coefficient (Wildman–Crippen LogP) is 3.28. The number of benzene rings is 2. The summed E-state index contributed by atoms with van der Waals surface area (Å²) in [6, 6.07) is 13.2. The number of halogens is 1. The molecule has 7 nitrogen and oxygen atoms in total. The molecule has 0 atom stereocenters. The second-order valence-corrected chi connectivity index (χ2v) is 5.61. The second-order valence-electron chi connectivity index (χ2n) is 4.70. The van der Waals surface area contributed by atoms with Gasteiger partial charge in [0.1, 0.15) is 5.75 Å². The van der Waals surface area contributed by atoms with Crippen LogP contribution in [0.3, 0.4) is 0 Å². The first-order chi connectivity index (χ1) is 11.5. The van der Waals surface area contributed by atoms with E-state index in [2.05, 4.69) is 26.5 Å². The fourth-order valence-electron chi connectivity index (χ4n) is 1.74. The van der Waals surface area contributed by atoms with Gasteiger partial charge in [-0.25, -0.2) is 5.43 Å². The number of carbonyl (C=O) groups is 1. The number of non-ortho nitro benzene ring substituents is 1. The molecule has 0 bridgehead atoms. The summed E-state index contributed by atoms with van der Waals surface area (Å²) >= 11 is 3.34. The topological polar surface area (TPSA) is 93.8 Å². The summed E-state index contributed by atoms with van der Waals surface area (Å²) < 4.78 is 6.35. The Balaban J connectivity index is 1.73. The van der Waals surface area contributed by atoms with Crippen molar-refractivity contribution in [3.63, 3.8) is 0 Å². The number of hydrogen-bond donors (Lipinski definition) is 1. The first-order valence-corrected chi connectivity index (χ1v) is 7.78. The molecule has 0 heterocycles. The minimum Gasteiger partial charge on any atom is -0.493 e. The standard InChI is InChI=1S/C16H14BrN3O4/c17-13-2-1-3-15(10-13)24-9-8-16(21)19-18-11-12-4-6-14(7-5-12)20(22)23/h1-7,10-11H,8-9H2,(H,19,21). The number of ether oxygens (including phenoxy) is 1. The van der Waals surface area contributed by atoms with Crippen molar-refractivity contribution in [3.05, 3.63) is 68.7 Å². The van der Waals surface area contributed by atoms with Gasteiger partial charge in [-0.15, -0.1) is 0 Å². The fraction of sp³-hybridized carbons (Fsp3) is 0.125. The van der Waals surface area contributed by atoms with Crippen LogP contribution < -0.4 is 10.2 Å². The molecule has 124 valence electrons. The van der Waals surface area contributed by atoms with Crippen molar-refractivity contribution in [2.45, 2.75) is 6.42 Å². The van der Waals surface area contributed by atoms with Gasteiger partial charge in [0.2, 0.25) is 5.91 Å². The summed E-state index contributed by atoms with van der Waals surface area (Å²) in [6.07, 6.45) is 1.57. The Morgan fingerprint density at radius 1 is 1.29 bits per heavy atom. The van der Waals surface area contributed by atoms with E-state index in [1.54, 1.807) is 18.2 Å². The SMILES string of the molecule is O=C(CCOc1cccc(Br)c1)NN=Cc1ccc([N+](=O)[O-])cc1. The molecule has 0 saturated heterocycles. The Morgan fingerprint density at radius 2 is 2.04 bits per heavy atom. The zero-order valence-corrected chi connectivity index (χ0v) is 14.1. The van der Waals surface area contributed by atoms with E-state index in [1.165, 1.54) is 18.3 Å². The quantitative estimate of drug-likeness (QED) is 0.445. The van der Waals surface area contributed by atoms with Crippen molar-refractivity contribution >= 4 is 33.7 Å². The van der Waals surface area contributed by atoms with Crippen LogP contribution in [-0.2, 0) is 4.79 Å². The van der Waals surface area contributed by atoms with E-state index >= 15 is 0 Å². The summed E-state index contributed by atoms with van der Waals surface area (Å²) in [5, 5.41) is 14.3. The maximum Gasteiger partial charge on any atom is 0.269 e. The lowest BCUT2D eigenvalue weighted by molar-refractivity contribution is -0.384. The van der Waals surface area contributed by atoms with E-state index in [4.69, 9.17) is 4.74 Å². The van der Waals surface area contributed by atoms with Gasteiger partial charge in [-0.2, -0.15) is 5.10 Å². The Kier molecular flexibility index (Phi) is 6.44. The molecule has 0 saturated carbocycles. The van der Waals surface area contributed by atoms with Gasteiger partial charge in [0.05, 0.1) is 24.2 Å².